The molecule has 1 heterocycles. The van der Waals surface area contributed by atoms with Gasteiger partial charge in [-0.15, -0.1) is 0 Å². The van der Waals surface area contributed by atoms with Gasteiger partial charge < -0.3 is 10.6 Å². The van der Waals surface area contributed by atoms with Crippen LogP contribution in [0.2, 0.25) is 0 Å². The molecule has 0 spiro atoms. The van der Waals surface area contributed by atoms with Crippen LogP contribution in [0, 0.1) is 11.8 Å². The van der Waals surface area contributed by atoms with Crippen LogP contribution in [0.4, 0.5) is 5.69 Å². The number of hydrogen-bond acceptors (Lipinski definition) is 2. The third-order valence-electron chi connectivity index (χ3n) is 3.61. The fraction of sp³-hybridized carbons (Fsp3) is 0.167. The first kappa shape index (κ1) is 13.4. The van der Waals surface area contributed by atoms with Crippen molar-refractivity contribution in [3.05, 3.63) is 65.2 Å². The van der Waals surface area contributed by atoms with Gasteiger partial charge in [-0.2, -0.15) is 0 Å². The van der Waals surface area contributed by atoms with E-state index in [1.54, 1.807) is 0 Å². The van der Waals surface area contributed by atoms with Gasteiger partial charge in [0.15, 0.2) is 0 Å². The van der Waals surface area contributed by atoms with E-state index >= 15 is 0 Å². The number of carbonyl (C=O) groups is 1. The van der Waals surface area contributed by atoms with Gasteiger partial charge in [-0.05, 0) is 30.2 Å². The highest BCUT2D eigenvalue weighted by Gasteiger charge is 2.26. The number of fused-ring (bicyclic) bond motifs is 1. The quantitative estimate of drug-likeness (QED) is 0.812. The average Bonchev–Trinajstić information content (AvgIpc) is 2.96. The Labute approximate surface area is 124 Å². The molecule has 3 rings (SSSR count). The second kappa shape index (κ2) is 5.82. The summed E-state index contributed by atoms with van der Waals surface area (Å²) in [7, 11) is 0. The number of amides is 1. The summed E-state index contributed by atoms with van der Waals surface area (Å²) in [6, 6.07) is 15.5. The molecule has 0 unspecified atom stereocenters. The SMILES string of the molecule is NCC#Cc1ccccc1C(=O)N1CCc2ccccc21. The molecule has 2 aromatic carbocycles. The van der Waals surface area contributed by atoms with E-state index in [1.165, 1.54) is 5.56 Å². The molecule has 2 aromatic rings. The molecule has 0 saturated carbocycles. The molecule has 0 fully saturated rings. The van der Waals surface area contributed by atoms with E-state index in [9.17, 15) is 4.79 Å². The van der Waals surface area contributed by atoms with Gasteiger partial charge in [-0.25, -0.2) is 0 Å². The van der Waals surface area contributed by atoms with E-state index in [4.69, 9.17) is 5.73 Å². The van der Waals surface area contributed by atoms with Crippen LogP contribution in [-0.4, -0.2) is 19.0 Å². The molecule has 3 heteroatoms. The molecule has 0 saturated heterocycles. The average molecular weight is 276 g/mol. The lowest BCUT2D eigenvalue weighted by Gasteiger charge is -2.18. The highest BCUT2D eigenvalue weighted by molar-refractivity contribution is 6.08. The Bertz CT molecular complexity index is 740. The van der Waals surface area contributed by atoms with Gasteiger partial charge in [0.2, 0.25) is 0 Å². The number of nitrogens with zero attached hydrogens (tertiary/aromatic N) is 1. The molecule has 0 radical (unpaired) electrons. The van der Waals surface area contributed by atoms with Gasteiger partial charge in [0.05, 0.1) is 12.1 Å². The van der Waals surface area contributed by atoms with Crippen molar-refractivity contribution in [1.82, 2.24) is 0 Å². The van der Waals surface area contributed by atoms with E-state index in [0.29, 0.717) is 5.56 Å². The molecular weight excluding hydrogens is 260 g/mol. The van der Waals surface area contributed by atoms with Crippen molar-refractivity contribution < 1.29 is 4.79 Å². The summed E-state index contributed by atoms with van der Waals surface area (Å²) in [6.45, 7) is 1.01. The third-order valence-corrected chi connectivity index (χ3v) is 3.61. The second-order valence-electron chi connectivity index (χ2n) is 4.89. The first-order valence-electron chi connectivity index (χ1n) is 6.99. The highest BCUT2D eigenvalue weighted by atomic mass is 16.2. The number of hydrogen-bond donors (Lipinski definition) is 1. The van der Waals surface area contributed by atoms with Crippen molar-refractivity contribution in [1.29, 1.82) is 0 Å². The van der Waals surface area contributed by atoms with Crippen molar-refractivity contribution in [3.8, 4) is 11.8 Å². The Kier molecular flexibility index (Phi) is 3.72. The molecule has 104 valence electrons. The summed E-state index contributed by atoms with van der Waals surface area (Å²) >= 11 is 0. The topological polar surface area (TPSA) is 46.3 Å². The Morgan fingerprint density at radius 3 is 2.76 bits per heavy atom. The van der Waals surface area contributed by atoms with Crippen molar-refractivity contribution in [2.75, 3.05) is 18.0 Å². The first-order chi connectivity index (χ1) is 10.3. The fourth-order valence-electron chi connectivity index (χ4n) is 2.62. The van der Waals surface area contributed by atoms with Crippen molar-refractivity contribution in [3.63, 3.8) is 0 Å². The summed E-state index contributed by atoms with van der Waals surface area (Å²) in [6.07, 6.45) is 0.901. The summed E-state index contributed by atoms with van der Waals surface area (Å²) in [5, 5.41) is 0. The largest absolute Gasteiger partial charge is 0.320 e. The molecular formula is C18H16N2O. The number of benzene rings is 2. The minimum absolute atomic E-state index is 0.00173. The maximum atomic E-state index is 12.8. The summed E-state index contributed by atoms with van der Waals surface area (Å²) < 4.78 is 0. The van der Waals surface area contributed by atoms with Gasteiger partial charge >= 0.3 is 0 Å². The van der Waals surface area contributed by atoms with Gasteiger partial charge in [-0.3, -0.25) is 4.79 Å². The molecule has 0 atom stereocenters. The maximum absolute atomic E-state index is 12.8. The minimum Gasteiger partial charge on any atom is -0.320 e. The molecule has 1 aliphatic heterocycles. The Hall–Kier alpha value is -2.57. The molecule has 21 heavy (non-hydrogen) atoms. The Morgan fingerprint density at radius 2 is 1.90 bits per heavy atom. The van der Waals surface area contributed by atoms with Crippen LogP contribution in [0.3, 0.4) is 0 Å². The molecule has 0 aromatic heterocycles. The normalized spacial score (nSPS) is 12.5. The zero-order chi connectivity index (χ0) is 14.7. The second-order valence-corrected chi connectivity index (χ2v) is 4.89. The van der Waals surface area contributed by atoms with E-state index in [-0.39, 0.29) is 12.5 Å². The molecule has 0 aliphatic carbocycles. The van der Waals surface area contributed by atoms with Crippen LogP contribution in [0.5, 0.6) is 0 Å². The van der Waals surface area contributed by atoms with Gasteiger partial charge in [-0.1, -0.05) is 42.2 Å². The van der Waals surface area contributed by atoms with Gasteiger partial charge in [0, 0.05) is 17.8 Å². The van der Waals surface area contributed by atoms with Crippen molar-refractivity contribution >= 4 is 11.6 Å². The molecule has 0 bridgehead atoms. The predicted molar refractivity (Wildman–Crippen MR) is 84.2 cm³/mol. The van der Waals surface area contributed by atoms with Crippen LogP contribution in [0.25, 0.3) is 0 Å². The standard InChI is InChI=1S/C18H16N2O/c19-12-5-8-14-6-1-3-9-16(14)18(21)20-13-11-15-7-2-4-10-17(15)20/h1-4,6-7,9-10H,11-13,19H2. The van der Waals surface area contributed by atoms with Crippen LogP contribution in [0.15, 0.2) is 48.5 Å². The maximum Gasteiger partial charge on any atom is 0.259 e. The first-order valence-corrected chi connectivity index (χ1v) is 6.99. The van der Waals surface area contributed by atoms with Crippen LogP contribution in [0.1, 0.15) is 21.5 Å². The van der Waals surface area contributed by atoms with Crippen LogP contribution >= 0.6 is 0 Å². The number of para-hydroxylation sites is 1. The number of rotatable bonds is 1. The summed E-state index contributed by atoms with van der Waals surface area (Å²) in [5.41, 5.74) is 9.01. The highest BCUT2D eigenvalue weighted by Crippen LogP contribution is 2.29. The molecule has 1 amide bonds. The summed E-state index contributed by atoms with van der Waals surface area (Å²) in [5.74, 6) is 5.80. The monoisotopic (exact) mass is 276 g/mol. The molecule has 1 aliphatic rings. The number of carbonyl (C=O) groups excluding carboxylic acids is 1. The van der Waals surface area contributed by atoms with Crippen molar-refractivity contribution in [2.24, 2.45) is 5.73 Å². The Balaban J connectivity index is 1.97. The number of anilines is 1. The lowest BCUT2D eigenvalue weighted by atomic mass is 10.1. The number of nitrogens with two attached hydrogens (primary N) is 1. The lowest BCUT2D eigenvalue weighted by molar-refractivity contribution is 0.0989. The smallest absolute Gasteiger partial charge is 0.259 e. The minimum atomic E-state index is 0.00173. The fourth-order valence-corrected chi connectivity index (χ4v) is 2.62. The summed E-state index contributed by atoms with van der Waals surface area (Å²) in [4.78, 5) is 14.7. The van der Waals surface area contributed by atoms with Crippen LogP contribution in [-0.2, 0) is 6.42 Å². The third kappa shape index (κ3) is 2.54. The van der Waals surface area contributed by atoms with Gasteiger partial charge in [0.1, 0.15) is 0 Å². The molecule has 2 N–H and O–H groups in total. The van der Waals surface area contributed by atoms with Crippen molar-refractivity contribution in [2.45, 2.75) is 6.42 Å². The van der Waals surface area contributed by atoms with Crippen LogP contribution < -0.4 is 10.6 Å². The zero-order valence-corrected chi connectivity index (χ0v) is 11.7. The van der Waals surface area contributed by atoms with E-state index < -0.39 is 0 Å². The van der Waals surface area contributed by atoms with E-state index in [1.807, 2.05) is 47.4 Å². The molecule has 3 nitrogen and oxygen atoms in total. The lowest BCUT2D eigenvalue weighted by Crippen LogP contribution is -2.29. The van der Waals surface area contributed by atoms with Gasteiger partial charge in [0.25, 0.3) is 5.91 Å². The Morgan fingerprint density at radius 1 is 1.14 bits per heavy atom. The van der Waals surface area contributed by atoms with E-state index in [0.717, 1.165) is 24.2 Å². The predicted octanol–water partition coefficient (Wildman–Crippen LogP) is 2.20. The zero-order valence-electron chi connectivity index (χ0n) is 11.7. The van der Waals surface area contributed by atoms with E-state index in [2.05, 4.69) is 17.9 Å².